The van der Waals surface area contributed by atoms with Crippen LogP contribution in [0.2, 0.25) is 0 Å². The highest BCUT2D eigenvalue weighted by atomic mass is 16.1. The van der Waals surface area contributed by atoms with Gasteiger partial charge in [-0.1, -0.05) is 0 Å². The van der Waals surface area contributed by atoms with Crippen molar-refractivity contribution in [2.24, 2.45) is 5.10 Å². The number of allylic oxidation sites excluding steroid dienone is 2. The van der Waals surface area contributed by atoms with Crippen molar-refractivity contribution in [1.29, 1.82) is 0 Å². The van der Waals surface area contributed by atoms with Gasteiger partial charge in [-0.25, -0.2) is 0 Å². The third-order valence-corrected chi connectivity index (χ3v) is 1.79. The van der Waals surface area contributed by atoms with E-state index in [0.29, 0.717) is 6.42 Å². The van der Waals surface area contributed by atoms with E-state index in [1.54, 1.807) is 6.21 Å². The molecule has 0 fully saturated rings. The van der Waals surface area contributed by atoms with Gasteiger partial charge in [0.15, 0.2) is 5.78 Å². The molecule has 0 amide bonds. The fourth-order valence-electron chi connectivity index (χ4n) is 1.25. The SMILES string of the molecule is O=C1CCCC2=C1C=N[N]2. The van der Waals surface area contributed by atoms with E-state index < -0.39 is 0 Å². The lowest BCUT2D eigenvalue weighted by Gasteiger charge is -2.08. The number of carbonyl (C=O) groups is 1. The van der Waals surface area contributed by atoms with Crippen molar-refractivity contribution in [3.8, 4) is 0 Å². The van der Waals surface area contributed by atoms with Gasteiger partial charge in [0, 0.05) is 6.42 Å². The molecule has 2 rings (SSSR count). The minimum absolute atomic E-state index is 0.200. The van der Waals surface area contributed by atoms with Gasteiger partial charge in [0.1, 0.15) is 0 Å². The van der Waals surface area contributed by atoms with Gasteiger partial charge in [-0.15, -0.1) is 0 Å². The van der Waals surface area contributed by atoms with E-state index in [4.69, 9.17) is 0 Å². The number of carbonyl (C=O) groups excluding carboxylic acids is 1. The summed E-state index contributed by atoms with van der Waals surface area (Å²) in [6.07, 6.45) is 4.09. The van der Waals surface area contributed by atoms with Crippen LogP contribution in [0.3, 0.4) is 0 Å². The predicted octanol–water partition coefficient (Wildman–Crippen LogP) is 0.597. The lowest BCUT2D eigenvalue weighted by atomic mass is 9.97. The van der Waals surface area contributed by atoms with Gasteiger partial charge in [0.2, 0.25) is 0 Å². The van der Waals surface area contributed by atoms with E-state index in [0.717, 1.165) is 24.1 Å². The van der Waals surface area contributed by atoms with Crippen LogP contribution in [0.5, 0.6) is 0 Å². The number of hydrogen-bond acceptors (Lipinski definition) is 2. The van der Waals surface area contributed by atoms with Gasteiger partial charge >= 0.3 is 0 Å². The first kappa shape index (κ1) is 5.65. The molecule has 0 atom stereocenters. The number of nitrogens with zero attached hydrogens (tertiary/aromatic N) is 2. The van der Waals surface area contributed by atoms with Crippen LogP contribution < -0.4 is 5.43 Å². The third kappa shape index (κ3) is 0.667. The monoisotopic (exact) mass is 135 g/mol. The smallest absolute Gasteiger partial charge is 0.166 e. The average Bonchev–Trinajstić information content (AvgIpc) is 2.36. The fourth-order valence-corrected chi connectivity index (χ4v) is 1.25. The Kier molecular flexibility index (Phi) is 1.09. The molecule has 0 saturated carbocycles. The Labute approximate surface area is 58.8 Å². The van der Waals surface area contributed by atoms with Crippen LogP contribution in [0.25, 0.3) is 0 Å². The quantitative estimate of drug-likeness (QED) is 0.479. The summed E-state index contributed by atoms with van der Waals surface area (Å²) in [4.78, 5) is 11.1. The fraction of sp³-hybridized carbons (Fsp3) is 0.429. The Hall–Kier alpha value is -1.12. The highest BCUT2D eigenvalue weighted by molar-refractivity contribution is 6.15. The Morgan fingerprint density at radius 1 is 1.40 bits per heavy atom. The van der Waals surface area contributed by atoms with Crippen LogP contribution in [-0.2, 0) is 4.79 Å². The molecule has 1 radical (unpaired) electrons. The maximum atomic E-state index is 11.1. The van der Waals surface area contributed by atoms with Crippen molar-refractivity contribution < 1.29 is 4.79 Å². The van der Waals surface area contributed by atoms with Crippen molar-refractivity contribution in [1.82, 2.24) is 5.43 Å². The summed E-state index contributed by atoms with van der Waals surface area (Å²) in [6.45, 7) is 0. The topological polar surface area (TPSA) is 43.5 Å². The van der Waals surface area contributed by atoms with Gasteiger partial charge in [-0.3, -0.25) is 4.79 Å². The summed E-state index contributed by atoms with van der Waals surface area (Å²) in [5.74, 6) is 0.200. The Bertz CT molecular complexity index is 240. The molecule has 1 aliphatic carbocycles. The molecule has 51 valence electrons. The molecule has 2 aliphatic rings. The minimum Gasteiger partial charge on any atom is -0.294 e. The van der Waals surface area contributed by atoms with E-state index in [-0.39, 0.29) is 5.78 Å². The van der Waals surface area contributed by atoms with Crippen molar-refractivity contribution in [3.63, 3.8) is 0 Å². The minimum atomic E-state index is 0.200. The maximum Gasteiger partial charge on any atom is 0.166 e. The first-order chi connectivity index (χ1) is 4.88. The van der Waals surface area contributed by atoms with Crippen molar-refractivity contribution in [3.05, 3.63) is 11.3 Å². The predicted molar refractivity (Wildman–Crippen MR) is 36.5 cm³/mol. The van der Waals surface area contributed by atoms with Gasteiger partial charge in [0.25, 0.3) is 0 Å². The summed E-state index contributed by atoms with van der Waals surface area (Å²) >= 11 is 0. The highest BCUT2D eigenvalue weighted by Crippen LogP contribution is 2.22. The second-order valence-electron chi connectivity index (χ2n) is 2.48. The lowest BCUT2D eigenvalue weighted by molar-refractivity contribution is -0.115. The first-order valence-electron chi connectivity index (χ1n) is 3.38. The lowest BCUT2D eigenvalue weighted by Crippen LogP contribution is -2.11. The van der Waals surface area contributed by atoms with E-state index in [1.807, 2.05) is 0 Å². The zero-order valence-corrected chi connectivity index (χ0v) is 5.50. The number of Topliss-reactive ketones (excluding diaryl/α,β-unsaturated/α-hetero) is 1. The molecular formula is C7H7N2O. The van der Waals surface area contributed by atoms with Gasteiger partial charge in [-0.2, -0.15) is 10.5 Å². The maximum absolute atomic E-state index is 11.1. The average molecular weight is 135 g/mol. The Morgan fingerprint density at radius 2 is 2.30 bits per heavy atom. The number of hydrogen-bond donors (Lipinski definition) is 0. The molecule has 0 bridgehead atoms. The van der Waals surface area contributed by atoms with E-state index in [1.165, 1.54) is 0 Å². The van der Waals surface area contributed by atoms with Crippen LogP contribution >= 0.6 is 0 Å². The second-order valence-corrected chi connectivity index (χ2v) is 2.48. The normalized spacial score (nSPS) is 23.0. The zero-order chi connectivity index (χ0) is 6.97. The molecule has 0 N–H and O–H groups in total. The summed E-state index contributed by atoms with van der Waals surface area (Å²) in [7, 11) is 0. The molecule has 0 spiro atoms. The summed E-state index contributed by atoms with van der Waals surface area (Å²) < 4.78 is 0. The van der Waals surface area contributed by atoms with Crippen LogP contribution in [0.15, 0.2) is 16.4 Å². The molecule has 0 aromatic carbocycles. The van der Waals surface area contributed by atoms with E-state index >= 15 is 0 Å². The molecule has 0 aromatic heterocycles. The van der Waals surface area contributed by atoms with Crippen LogP contribution in [0, 0.1) is 0 Å². The first-order valence-corrected chi connectivity index (χ1v) is 3.38. The van der Waals surface area contributed by atoms with Gasteiger partial charge in [-0.05, 0) is 12.8 Å². The molecule has 3 heteroatoms. The summed E-state index contributed by atoms with van der Waals surface area (Å²) in [6, 6.07) is 0. The zero-order valence-electron chi connectivity index (χ0n) is 5.50. The standard InChI is InChI=1S/C7H7N2O/c10-7-3-1-2-6-5(7)4-8-9-6/h4H,1-3H2. The van der Waals surface area contributed by atoms with E-state index in [9.17, 15) is 4.79 Å². The van der Waals surface area contributed by atoms with Crippen LogP contribution in [0.4, 0.5) is 0 Å². The second kappa shape index (κ2) is 1.94. The van der Waals surface area contributed by atoms with Gasteiger partial charge in [0.05, 0.1) is 17.5 Å². The van der Waals surface area contributed by atoms with E-state index in [2.05, 4.69) is 10.5 Å². The van der Waals surface area contributed by atoms with Crippen LogP contribution in [0.1, 0.15) is 19.3 Å². The van der Waals surface area contributed by atoms with Crippen molar-refractivity contribution in [2.45, 2.75) is 19.3 Å². The molecule has 0 aromatic rings. The molecular weight excluding hydrogens is 128 g/mol. The third-order valence-electron chi connectivity index (χ3n) is 1.79. The summed E-state index contributed by atoms with van der Waals surface area (Å²) in [5, 5.41) is 3.68. The summed E-state index contributed by atoms with van der Waals surface area (Å²) in [5.41, 5.74) is 5.46. The largest absolute Gasteiger partial charge is 0.294 e. The molecule has 10 heavy (non-hydrogen) atoms. The molecule has 1 aliphatic heterocycles. The van der Waals surface area contributed by atoms with Crippen molar-refractivity contribution in [2.75, 3.05) is 0 Å². The van der Waals surface area contributed by atoms with Crippen LogP contribution in [-0.4, -0.2) is 12.0 Å². The Balaban J connectivity index is 2.37. The molecule has 1 heterocycles. The van der Waals surface area contributed by atoms with Gasteiger partial charge < -0.3 is 0 Å². The number of rotatable bonds is 0. The molecule has 0 unspecified atom stereocenters. The molecule has 3 nitrogen and oxygen atoms in total. The number of ketones is 1. The highest BCUT2D eigenvalue weighted by Gasteiger charge is 2.22. The Morgan fingerprint density at radius 3 is 3.10 bits per heavy atom. The van der Waals surface area contributed by atoms with Crippen molar-refractivity contribution >= 4 is 12.0 Å². The molecule has 0 saturated heterocycles.